The van der Waals surface area contributed by atoms with Crippen molar-refractivity contribution in [1.82, 2.24) is 4.98 Å². The van der Waals surface area contributed by atoms with Crippen LogP contribution in [0.4, 0.5) is 10.8 Å². The fraction of sp³-hybridized carbons (Fsp3) is 0. The Morgan fingerprint density at radius 1 is 1.00 bits per heavy atom. The molecule has 3 aromatic rings. The molecule has 0 radical (unpaired) electrons. The Bertz CT molecular complexity index is 1080. The second-order valence-corrected chi connectivity index (χ2v) is 7.83. The maximum Gasteiger partial charge on any atom is 1.00 e. The van der Waals surface area contributed by atoms with Gasteiger partial charge in [-0.15, -0.1) is 11.3 Å². The minimum atomic E-state index is -3.80. The summed E-state index contributed by atoms with van der Waals surface area (Å²) in [6.07, 6.45) is 1.48. The zero-order valence-electron chi connectivity index (χ0n) is 14.6. The van der Waals surface area contributed by atoms with Crippen molar-refractivity contribution in [3.8, 4) is 0 Å². The van der Waals surface area contributed by atoms with Crippen molar-refractivity contribution in [1.29, 1.82) is 0 Å². The van der Waals surface area contributed by atoms with Crippen molar-refractivity contribution in [2.45, 2.75) is 4.90 Å². The fourth-order valence-corrected chi connectivity index (χ4v) is 4.01. The van der Waals surface area contributed by atoms with Gasteiger partial charge in [-0.05, 0) is 30.3 Å². The fourth-order valence-electron chi connectivity index (χ4n) is 2.22. The molecule has 28 heavy (non-hydrogen) atoms. The van der Waals surface area contributed by atoms with Crippen LogP contribution in [0.1, 0.15) is 20.7 Å². The number of anilines is 2. The monoisotopic (exact) mass is 425 g/mol. The number of nitrogens with one attached hydrogen (secondary N) is 2. The summed E-state index contributed by atoms with van der Waals surface area (Å²) in [5, 5.41) is 15.5. The van der Waals surface area contributed by atoms with Gasteiger partial charge in [-0.25, -0.2) is 13.4 Å². The third kappa shape index (κ3) is 5.18. The van der Waals surface area contributed by atoms with Gasteiger partial charge in [0.1, 0.15) is 0 Å². The summed E-state index contributed by atoms with van der Waals surface area (Å²) in [6.45, 7) is 0. The molecular formula is C17H12N3NaO5S2. The smallest absolute Gasteiger partial charge is 0.545 e. The SMILES string of the molecule is O=C([O-])c1ccccc1C(=O)Nc1ccc(S(=O)(=O)Nc2nccs2)cc1.[Na+]. The third-order valence-corrected chi connectivity index (χ3v) is 5.64. The molecule has 3 rings (SSSR count). The summed E-state index contributed by atoms with van der Waals surface area (Å²) >= 11 is 1.15. The molecule has 0 fully saturated rings. The zero-order valence-corrected chi connectivity index (χ0v) is 18.2. The van der Waals surface area contributed by atoms with E-state index in [1.165, 1.54) is 54.7 Å². The number of aromatic nitrogens is 1. The molecule has 1 aromatic heterocycles. The first-order valence-corrected chi connectivity index (χ1v) is 9.87. The summed E-state index contributed by atoms with van der Waals surface area (Å²) < 4.78 is 26.9. The number of benzene rings is 2. The number of rotatable bonds is 6. The second kappa shape index (κ2) is 9.30. The van der Waals surface area contributed by atoms with Crippen LogP contribution in [0.15, 0.2) is 65.0 Å². The Morgan fingerprint density at radius 2 is 1.64 bits per heavy atom. The molecule has 0 aliphatic rings. The second-order valence-electron chi connectivity index (χ2n) is 5.25. The minimum Gasteiger partial charge on any atom is -0.545 e. The first-order valence-electron chi connectivity index (χ1n) is 7.51. The number of hydrogen-bond acceptors (Lipinski definition) is 7. The first kappa shape index (κ1) is 22.1. The Kier molecular flexibility index (Phi) is 7.33. The molecular weight excluding hydrogens is 413 g/mol. The van der Waals surface area contributed by atoms with Crippen molar-refractivity contribution >= 4 is 44.1 Å². The van der Waals surface area contributed by atoms with E-state index in [2.05, 4.69) is 15.0 Å². The van der Waals surface area contributed by atoms with Crippen LogP contribution in [0, 0.1) is 0 Å². The number of nitrogens with zero attached hydrogens (tertiary/aromatic N) is 1. The van der Waals surface area contributed by atoms with Crippen LogP contribution in [0.25, 0.3) is 0 Å². The molecule has 0 aliphatic carbocycles. The predicted octanol–water partition coefficient (Wildman–Crippen LogP) is -1.44. The van der Waals surface area contributed by atoms with E-state index < -0.39 is 21.9 Å². The van der Waals surface area contributed by atoms with E-state index in [1.807, 2.05) is 0 Å². The average Bonchev–Trinajstić information content (AvgIpc) is 3.14. The Labute approximate surface area is 187 Å². The molecule has 8 nitrogen and oxygen atoms in total. The standard InChI is InChI=1S/C17H13N3O5S2.Na/c21-15(13-3-1-2-4-14(13)16(22)23)19-11-5-7-12(8-6-11)27(24,25)20-17-18-9-10-26-17;/h1-10H,(H,18,20)(H,19,21)(H,22,23);/q;+1/p-1. The van der Waals surface area contributed by atoms with Crippen LogP contribution in [0.3, 0.4) is 0 Å². The average molecular weight is 425 g/mol. The van der Waals surface area contributed by atoms with Crippen molar-refractivity contribution in [3.63, 3.8) is 0 Å². The van der Waals surface area contributed by atoms with Crippen molar-refractivity contribution < 1.29 is 52.7 Å². The summed E-state index contributed by atoms with van der Waals surface area (Å²) in [5.74, 6) is -2.11. The summed E-state index contributed by atoms with van der Waals surface area (Å²) in [7, 11) is -3.80. The molecule has 0 bridgehead atoms. The molecule has 0 saturated carbocycles. The van der Waals surface area contributed by atoms with Crippen LogP contribution in [0.5, 0.6) is 0 Å². The van der Waals surface area contributed by atoms with Crippen LogP contribution in [-0.4, -0.2) is 25.3 Å². The van der Waals surface area contributed by atoms with Gasteiger partial charge in [0.15, 0.2) is 5.13 Å². The third-order valence-electron chi connectivity index (χ3n) is 3.47. The maximum absolute atomic E-state index is 12.3. The van der Waals surface area contributed by atoms with Gasteiger partial charge in [0, 0.05) is 28.4 Å². The van der Waals surface area contributed by atoms with Crippen LogP contribution >= 0.6 is 11.3 Å². The summed E-state index contributed by atoms with van der Waals surface area (Å²) in [4.78, 5) is 27.2. The molecule has 0 atom stereocenters. The largest absolute Gasteiger partial charge is 1.00 e. The molecule has 138 valence electrons. The molecule has 1 amide bonds. The Balaban J connectivity index is 0.00000280. The number of carbonyl (C=O) groups excluding carboxylic acids is 2. The van der Waals surface area contributed by atoms with Crippen molar-refractivity contribution in [2.75, 3.05) is 10.0 Å². The number of carboxylic acids is 1. The molecule has 0 aliphatic heterocycles. The van der Waals surface area contributed by atoms with E-state index in [4.69, 9.17) is 0 Å². The van der Waals surface area contributed by atoms with E-state index in [0.29, 0.717) is 5.69 Å². The molecule has 0 spiro atoms. The van der Waals surface area contributed by atoms with Crippen molar-refractivity contribution in [2.24, 2.45) is 0 Å². The van der Waals surface area contributed by atoms with Gasteiger partial charge in [-0.1, -0.05) is 18.2 Å². The molecule has 2 aromatic carbocycles. The molecule has 11 heteroatoms. The van der Waals surface area contributed by atoms with Crippen molar-refractivity contribution in [3.05, 3.63) is 71.2 Å². The number of thiazole rings is 1. The molecule has 0 unspecified atom stereocenters. The first-order chi connectivity index (χ1) is 12.9. The normalized spacial score (nSPS) is 10.6. The van der Waals surface area contributed by atoms with Gasteiger partial charge in [0.2, 0.25) is 0 Å². The number of amides is 1. The number of aromatic carboxylic acids is 1. The van der Waals surface area contributed by atoms with E-state index in [9.17, 15) is 23.1 Å². The number of carbonyl (C=O) groups is 2. The Hall–Kier alpha value is -2.24. The van der Waals surface area contributed by atoms with Crippen LogP contribution < -0.4 is 44.7 Å². The molecule has 1 heterocycles. The summed E-state index contributed by atoms with van der Waals surface area (Å²) in [6, 6.07) is 11.1. The molecule has 0 saturated heterocycles. The van der Waals surface area contributed by atoms with Gasteiger partial charge in [-0.2, -0.15) is 0 Å². The van der Waals surface area contributed by atoms with Crippen LogP contribution in [-0.2, 0) is 10.0 Å². The van der Waals surface area contributed by atoms with E-state index in [-0.39, 0.29) is 50.7 Å². The Morgan fingerprint density at radius 3 is 2.21 bits per heavy atom. The number of sulfonamides is 1. The maximum atomic E-state index is 12.3. The van der Waals surface area contributed by atoms with Gasteiger partial charge in [-0.3, -0.25) is 9.52 Å². The summed E-state index contributed by atoms with van der Waals surface area (Å²) in [5.41, 5.74) is 0.0165. The number of carboxylic acid groups (broad SMARTS) is 1. The predicted molar refractivity (Wildman–Crippen MR) is 98.1 cm³/mol. The minimum absolute atomic E-state index is 0. The zero-order chi connectivity index (χ0) is 19.4. The van der Waals surface area contributed by atoms with Gasteiger partial charge in [0.25, 0.3) is 15.9 Å². The molecule has 2 N–H and O–H groups in total. The van der Waals surface area contributed by atoms with E-state index in [0.717, 1.165) is 11.3 Å². The van der Waals surface area contributed by atoms with Gasteiger partial charge < -0.3 is 15.2 Å². The van der Waals surface area contributed by atoms with Gasteiger partial charge >= 0.3 is 29.6 Å². The van der Waals surface area contributed by atoms with Gasteiger partial charge in [0.05, 0.1) is 10.9 Å². The quantitative estimate of drug-likeness (QED) is 0.466. The van der Waals surface area contributed by atoms with Crippen LogP contribution in [0.2, 0.25) is 0 Å². The topological polar surface area (TPSA) is 128 Å². The number of hydrogen-bond donors (Lipinski definition) is 2. The van der Waals surface area contributed by atoms with E-state index >= 15 is 0 Å². The van der Waals surface area contributed by atoms with E-state index in [1.54, 1.807) is 5.38 Å².